The number of nitrogens with one attached hydrogen (secondary N) is 1. The van der Waals surface area contributed by atoms with E-state index in [1.54, 1.807) is 17.0 Å². The van der Waals surface area contributed by atoms with Crippen molar-refractivity contribution in [2.45, 2.75) is 12.8 Å². The molecule has 2 aromatic carbocycles. The fourth-order valence-corrected chi connectivity index (χ4v) is 3.82. The molecule has 0 spiro atoms. The highest BCUT2D eigenvalue weighted by molar-refractivity contribution is 8.03. The van der Waals surface area contributed by atoms with Gasteiger partial charge in [-0.15, -0.1) is 0 Å². The van der Waals surface area contributed by atoms with Crippen LogP contribution in [0.15, 0.2) is 59.4 Å². The second kappa shape index (κ2) is 6.92. The fraction of sp³-hybridized carbons (Fsp3) is 0.190. The van der Waals surface area contributed by atoms with Gasteiger partial charge < -0.3 is 14.0 Å². The number of fused-ring (bicyclic) bond motifs is 2. The van der Waals surface area contributed by atoms with Crippen LogP contribution in [0.25, 0.3) is 21.9 Å². The van der Waals surface area contributed by atoms with Crippen molar-refractivity contribution in [1.82, 2.24) is 4.57 Å². The molecule has 0 saturated heterocycles. The molecule has 0 atom stereocenters. The highest BCUT2D eigenvalue weighted by Gasteiger charge is 2.20. The number of ether oxygens (including phenoxy) is 1. The average Bonchev–Trinajstić information content (AvgIpc) is 2.68. The summed E-state index contributed by atoms with van der Waals surface area (Å²) in [6.07, 6.45) is 3.90. The lowest BCUT2D eigenvalue weighted by Gasteiger charge is -2.23. The number of rotatable bonds is 4. The highest BCUT2D eigenvalue weighted by atomic mass is 32.2. The van der Waals surface area contributed by atoms with Gasteiger partial charge in [0, 0.05) is 35.4 Å². The predicted octanol–water partition coefficient (Wildman–Crippen LogP) is 4.73. The van der Waals surface area contributed by atoms with Crippen LogP contribution >= 0.6 is 11.9 Å². The zero-order valence-electron chi connectivity index (χ0n) is 14.6. The van der Waals surface area contributed by atoms with Crippen molar-refractivity contribution in [1.29, 1.82) is 0 Å². The van der Waals surface area contributed by atoms with E-state index >= 15 is 0 Å². The Labute approximate surface area is 156 Å². The standard InChI is InChI=1S/C21H20N2O2S/c1-3-26-22-15-11-14-7-6-10-25-20(14)18(12-15)19-13-23(2)21(24)17-9-5-4-8-16(17)19/h3-5,8-9,11-13,22H,1,6-7,10H2,2H3. The minimum Gasteiger partial charge on any atom is -0.493 e. The SMILES string of the molecule is C=CSNc1cc2c(c(-c3cn(C)c(=O)c4ccccc34)c1)OCCC2. The lowest BCUT2D eigenvalue weighted by atomic mass is 9.94. The summed E-state index contributed by atoms with van der Waals surface area (Å²) in [7, 11) is 1.79. The summed E-state index contributed by atoms with van der Waals surface area (Å²) in [4.78, 5) is 12.5. The average molecular weight is 364 g/mol. The molecule has 0 unspecified atom stereocenters. The minimum absolute atomic E-state index is 0.00984. The van der Waals surface area contributed by atoms with E-state index in [1.165, 1.54) is 17.5 Å². The Morgan fingerprint density at radius 3 is 2.85 bits per heavy atom. The maximum atomic E-state index is 12.5. The highest BCUT2D eigenvalue weighted by Crippen LogP contribution is 2.41. The third-order valence-electron chi connectivity index (χ3n) is 4.64. The lowest BCUT2D eigenvalue weighted by Crippen LogP contribution is -2.17. The molecule has 0 amide bonds. The second-order valence-corrected chi connectivity index (χ2v) is 7.13. The van der Waals surface area contributed by atoms with E-state index in [4.69, 9.17) is 4.74 Å². The van der Waals surface area contributed by atoms with Crippen molar-refractivity contribution >= 4 is 28.4 Å². The molecule has 26 heavy (non-hydrogen) atoms. The fourth-order valence-electron chi connectivity index (χ4n) is 3.48. The zero-order chi connectivity index (χ0) is 18.1. The van der Waals surface area contributed by atoms with Crippen LogP contribution in [0.3, 0.4) is 0 Å². The van der Waals surface area contributed by atoms with Gasteiger partial charge in [0.05, 0.1) is 6.61 Å². The summed E-state index contributed by atoms with van der Waals surface area (Å²) in [5, 5.41) is 3.42. The molecule has 1 aliphatic rings. The van der Waals surface area contributed by atoms with Gasteiger partial charge in [0.15, 0.2) is 0 Å². The first kappa shape index (κ1) is 16.8. The number of pyridine rings is 1. The van der Waals surface area contributed by atoms with E-state index in [0.717, 1.165) is 52.8 Å². The van der Waals surface area contributed by atoms with Crippen molar-refractivity contribution in [2.24, 2.45) is 7.05 Å². The largest absolute Gasteiger partial charge is 0.493 e. The first-order valence-electron chi connectivity index (χ1n) is 8.60. The van der Waals surface area contributed by atoms with Crippen LogP contribution in [0, 0.1) is 0 Å². The van der Waals surface area contributed by atoms with E-state index < -0.39 is 0 Å². The molecule has 4 nitrogen and oxygen atoms in total. The molecular formula is C21H20N2O2S. The maximum absolute atomic E-state index is 12.5. The first-order valence-corrected chi connectivity index (χ1v) is 9.48. The predicted molar refractivity (Wildman–Crippen MR) is 110 cm³/mol. The van der Waals surface area contributed by atoms with Gasteiger partial charge in [0.2, 0.25) is 0 Å². The number of hydrogen-bond acceptors (Lipinski definition) is 4. The van der Waals surface area contributed by atoms with Gasteiger partial charge in [-0.2, -0.15) is 0 Å². The number of aryl methyl sites for hydroxylation is 2. The van der Waals surface area contributed by atoms with Crippen molar-refractivity contribution in [3.05, 3.63) is 70.5 Å². The van der Waals surface area contributed by atoms with E-state index in [1.807, 2.05) is 30.5 Å². The quantitative estimate of drug-likeness (QED) is 0.680. The molecule has 0 bridgehead atoms. The number of hydrogen-bond donors (Lipinski definition) is 1. The molecule has 2 heterocycles. The third kappa shape index (κ3) is 2.88. The van der Waals surface area contributed by atoms with Gasteiger partial charge in [0.25, 0.3) is 5.56 Å². The third-order valence-corrected chi connectivity index (χ3v) is 5.16. The number of nitrogens with zero attached hydrogens (tertiary/aromatic N) is 1. The van der Waals surface area contributed by atoms with Crippen LogP contribution in [0.5, 0.6) is 5.75 Å². The van der Waals surface area contributed by atoms with Crippen LogP contribution in [0.1, 0.15) is 12.0 Å². The Kier molecular flexibility index (Phi) is 4.47. The van der Waals surface area contributed by atoms with Crippen LogP contribution in [-0.2, 0) is 13.5 Å². The number of benzene rings is 2. The molecule has 132 valence electrons. The topological polar surface area (TPSA) is 43.3 Å². The van der Waals surface area contributed by atoms with E-state index in [0.29, 0.717) is 0 Å². The minimum atomic E-state index is 0.00984. The molecule has 0 saturated carbocycles. The van der Waals surface area contributed by atoms with E-state index in [-0.39, 0.29) is 5.56 Å². The Morgan fingerprint density at radius 2 is 2.04 bits per heavy atom. The van der Waals surface area contributed by atoms with Crippen LogP contribution in [0.4, 0.5) is 5.69 Å². The summed E-state index contributed by atoms with van der Waals surface area (Å²) < 4.78 is 11.0. The van der Waals surface area contributed by atoms with Crippen molar-refractivity contribution < 1.29 is 4.74 Å². The maximum Gasteiger partial charge on any atom is 0.258 e. The van der Waals surface area contributed by atoms with Crippen LogP contribution < -0.4 is 15.0 Å². The van der Waals surface area contributed by atoms with Crippen molar-refractivity contribution in [3.63, 3.8) is 0 Å². The Morgan fingerprint density at radius 1 is 1.23 bits per heavy atom. The van der Waals surface area contributed by atoms with Crippen LogP contribution in [-0.4, -0.2) is 11.2 Å². The molecule has 0 fully saturated rings. The first-order chi connectivity index (χ1) is 12.7. The number of aromatic nitrogens is 1. The number of anilines is 1. The summed E-state index contributed by atoms with van der Waals surface area (Å²) in [6.45, 7) is 4.46. The molecular weight excluding hydrogens is 344 g/mol. The second-order valence-electron chi connectivity index (χ2n) is 6.36. The van der Waals surface area contributed by atoms with Gasteiger partial charge in [-0.1, -0.05) is 24.8 Å². The summed E-state index contributed by atoms with van der Waals surface area (Å²) in [5.74, 6) is 0.925. The van der Waals surface area contributed by atoms with Crippen LogP contribution in [0.2, 0.25) is 0 Å². The van der Waals surface area contributed by atoms with Gasteiger partial charge in [-0.3, -0.25) is 4.79 Å². The molecule has 4 rings (SSSR count). The van der Waals surface area contributed by atoms with Crippen molar-refractivity contribution in [2.75, 3.05) is 11.3 Å². The monoisotopic (exact) mass is 364 g/mol. The summed E-state index contributed by atoms with van der Waals surface area (Å²) in [5.41, 5.74) is 4.23. The van der Waals surface area contributed by atoms with Gasteiger partial charge >= 0.3 is 0 Å². The van der Waals surface area contributed by atoms with Gasteiger partial charge in [-0.05, 0) is 59.3 Å². The van der Waals surface area contributed by atoms with E-state index in [2.05, 4.69) is 23.4 Å². The normalized spacial score (nSPS) is 13.1. The van der Waals surface area contributed by atoms with Crippen molar-refractivity contribution in [3.8, 4) is 16.9 Å². The molecule has 0 aliphatic carbocycles. The Balaban J connectivity index is 2.01. The smallest absolute Gasteiger partial charge is 0.258 e. The molecule has 1 N–H and O–H groups in total. The molecule has 5 heteroatoms. The molecule has 1 aromatic heterocycles. The van der Waals surface area contributed by atoms with E-state index in [9.17, 15) is 4.79 Å². The Bertz CT molecular complexity index is 1060. The van der Waals surface area contributed by atoms with Gasteiger partial charge in [0.1, 0.15) is 5.75 Å². The molecule has 3 aromatic rings. The lowest BCUT2D eigenvalue weighted by molar-refractivity contribution is 0.290. The molecule has 1 aliphatic heterocycles. The zero-order valence-corrected chi connectivity index (χ0v) is 15.4. The summed E-state index contributed by atoms with van der Waals surface area (Å²) >= 11 is 1.44. The molecule has 0 radical (unpaired) electrons. The van der Waals surface area contributed by atoms with Gasteiger partial charge in [-0.25, -0.2) is 0 Å². The Hall–Kier alpha value is -2.66. The summed E-state index contributed by atoms with van der Waals surface area (Å²) in [6, 6.07) is 12.0.